The number of halogens is 2. The van der Waals surface area contributed by atoms with Crippen LogP contribution in [0.15, 0.2) is 67.1 Å². The van der Waals surface area contributed by atoms with Crippen LogP contribution in [0.3, 0.4) is 0 Å². The maximum Gasteiger partial charge on any atom is 0.260 e. The lowest BCUT2D eigenvalue weighted by molar-refractivity contribution is 0.102. The maximum atomic E-state index is 13.8. The van der Waals surface area contributed by atoms with Gasteiger partial charge in [0.05, 0.1) is 5.56 Å². The molecule has 0 fully saturated rings. The molecule has 0 aliphatic rings. The summed E-state index contributed by atoms with van der Waals surface area (Å²) < 4.78 is 26.8. The first kappa shape index (κ1) is 18.8. The lowest BCUT2D eigenvalue weighted by Gasteiger charge is -2.03. The van der Waals surface area contributed by atoms with E-state index in [0.29, 0.717) is 22.1 Å². The summed E-state index contributed by atoms with van der Waals surface area (Å²) in [5, 5.41) is 3.06. The summed E-state index contributed by atoms with van der Waals surface area (Å²) in [5.74, 6) is -1.10. The summed E-state index contributed by atoms with van der Waals surface area (Å²) in [6, 6.07) is 12.9. The summed E-state index contributed by atoms with van der Waals surface area (Å²) in [5.41, 5.74) is 1.51. The summed E-state index contributed by atoms with van der Waals surface area (Å²) in [6.45, 7) is 0. The molecule has 2 aromatic heterocycles. The van der Waals surface area contributed by atoms with E-state index in [1.165, 1.54) is 35.9 Å². The molecular weight excluding hydrogens is 394 g/mol. The number of nitrogens with zero attached hydrogens (tertiary/aromatic N) is 3. The van der Waals surface area contributed by atoms with E-state index in [-0.39, 0.29) is 6.42 Å². The van der Waals surface area contributed by atoms with Crippen molar-refractivity contribution in [1.82, 2.24) is 15.0 Å². The molecular formula is C21H14F2N4OS. The van der Waals surface area contributed by atoms with Gasteiger partial charge in [-0.3, -0.25) is 10.1 Å². The van der Waals surface area contributed by atoms with Crippen LogP contribution in [0.5, 0.6) is 0 Å². The van der Waals surface area contributed by atoms with Crippen LogP contribution >= 0.6 is 11.3 Å². The zero-order valence-electron chi connectivity index (χ0n) is 15.0. The number of carbonyl (C=O) groups excluding carboxylic acids is 1. The van der Waals surface area contributed by atoms with E-state index in [0.717, 1.165) is 16.5 Å². The molecule has 5 nitrogen and oxygen atoms in total. The molecule has 4 aromatic rings. The molecule has 8 heteroatoms. The normalized spacial score (nSPS) is 10.7. The fourth-order valence-corrected chi connectivity index (χ4v) is 3.48. The molecule has 0 radical (unpaired) electrons. The molecule has 0 spiro atoms. The number of thiazole rings is 1. The molecule has 0 saturated carbocycles. The van der Waals surface area contributed by atoms with Crippen LogP contribution in [0.1, 0.15) is 20.8 Å². The Kier molecular flexibility index (Phi) is 5.35. The molecule has 2 heterocycles. The topological polar surface area (TPSA) is 67.8 Å². The molecule has 0 unspecified atom stereocenters. The van der Waals surface area contributed by atoms with Crippen LogP contribution in [0.25, 0.3) is 11.4 Å². The van der Waals surface area contributed by atoms with Crippen molar-refractivity contribution >= 4 is 22.4 Å². The number of hydrogen-bond donors (Lipinski definition) is 1. The number of amides is 1. The van der Waals surface area contributed by atoms with Gasteiger partial charge in [-0.2, -0.15) is 0 Å². The Balaban J connectivity index is 1.42. The predicted octanol–water partition coefficient (Wildman–Crippen LogP) is 4.72. The van der Waals surface area contributed by atoms with E-state index in [4.69, 9.17) is 0 Å². The highest BCUT2D eigenvalue weighted by molar-refractivity contribution is 7.15. The zero-order valence-corrected chi connectivity index (χ0v) is 15.8. The smallest absolute Gasteiger partial charge is 0.260 e. The van der Waals surface area contributed by atoms with Crippen LogP contribution in [0, 0.1) is 11.6 Å². The average Bonchev–Trinajstić information content (AvgIpc) is 3.18. The molecule has 1 N–H and O–H groups in total. The molecule has 2 aromatic carbocycles. The van der Waals surface area contributed by atoms with Gasteiger partial charge in [0.25, 0.3) is 5.91 Å². The lowest BCUT2D eigenvalue weighted by Crippen LogP contribution is -2.12. The van der Waals surface area contributed by atoms with Crippen molar-refractivity contribution in [3.8, 4) is 11.4 Å². The highest BCUT2D eigenvalue weighted by Crippen LogP contribution is 2.23. The summed E-state index contributed by atoms with van der Waals surface area (Å²) in [7, 11) is 0. The van der Waals surface area contributed by atoms with Gasteiger partial charge in [-0.1, -0.05) is 36.4 Å². The molecule has 0 atom stereocenters. The number of aromatic nitrogens is 3. The first-order valence-corrected chi connectivity index (χ1v) is 9.47. The SMILES string of the molecule is O=C(Nc1ncc(Cc2ccc(F)cc2F)s1)c1cnc(-c2ccccc2)nc1. The number of hydrogen-bond acceptors (Lipinski definition) is 5. The van der Waals surface area contributed by atoms with Crippen LogP contribution in [-0.4, -0.2) is 20.9 Å². The fraction of sp³-hybridized carbons (Fsp3) is 0.0476. The molecule has 4 rings (SSSR count). The van der Waals surface area contributed by atoms with Crippen molar-refractivity contribution in [2.24, 2.45) is 0 Å². The van der Waals surface area contributed by atoms with E-state index in [2.05, 4.69) is 20.3 Å². The van der Waals surface area contributed by atoms with E-state index in [1.807, 2.05) is 30.3 Å². The number of anilines is 1. The standard InChI is InChI=1S/C21H14F2N4OS/c22-16-7-6-14(18(23)9-16)8-17-12-26-21(29-17)27-20(28)15-10-24-19(25-11-15)13-4-2-1-3-5-13/h1-7,9-12H,8H2,(H,26,27,28). The van der Waals surface area contributed by atoms with Gasteiger partial charge in [0.15, 0.2) is 11.0 Å². The van der Waals surface area contributed by atoms with Gasteiger partial charge in [0, 0.05) is 41.5 Å². The second kappa shape index (κ2) is 8.24. The van der Waals surface area contributed by atoms with Crippen LogP contribution < -0.4 is 5.32 Å². The number of benzene rings is 2. The molecule has 144 valence electrons. The van der Waals surface area contributed by atoms with E-state index in [1.54, 1.807) is 6.20 Å². The van der Waals surface area contributed by atoms with Crippen molar-refractivity contribution in [3.63, 3.8) is 0 Å². The Hall–Kier alpha value is -3.52. The lowest BCUT2D eigenvalue weighted by atomic mass is 10.1. The first-order chi connectivity index (χ1) is 14.1. The van der Waals surface area contributed by atoms with Crippen LogP contribution in [0.2, 0.25) is 0 Å². The molecule has 1 amide bonds. The first-order valence-electron chi connectivity index (χ1n) is 8.66. The van der Waals surface area contributed by atoms with Crippen LogP contribution in [-0.2, 0) is 6.42 Å². The Morgan fingerprint density at radius 1 is 0.966 bits per heavy atom. The highest BCUT2D eigenvalue weighted by atomic mass is 32.1. The molecule has 0 saturated heterocycles. The molecule has 0 aliphatic heterocycles. The minimum absolute atomic E-state index is 0.258. The second-order valence-corrected chi connectivity index (χ2v) is 7.27. The van der Waals surface area contributed by atoms with Gasteiger partial charge < -0.3 is 0 Å². The molecule has 29 heavy (non-hydrogen) atoms. The second-order valence-electron chi connectivity index (χ2n) is 6.16. The van der Waals surface area contributed by atoms with Gasteiger partial charge in [0.2, 0.25) is 0 Å². The third-order valence-corrected chi connectivity index (χ3v) is 5.01. The van der Waals surface area contributed by atoms with Crippen molar-refractivity contribution in [2.75, 3.05) is 5.32 Å². The monoisotopic (exact) mass is 408 g/mol. The molecule has 0 bridgehead atoms. The Morgan fingerprint density at radius 3 is 2.45 bits per heavy atom. The Bertz CT molecular complexity index is 1150. The van der Waals surface area contributed by atoms with Gasteiger partial charge in [-0.25, -0.2) is 23.7 Å². The number of carbonyl (C=O) groups is 1. The quantitative estimate of drug-likeness (QED) is 0.519. The minimum atomic E-state index is -0.621. The minimum Gasteiger partial charge on any atom is -0.298 e. The third-order valence-electron chi connectivity index (χ3n) is 4.10. The van der Waals surface area contributed by atoms with E-state index < -0.39 is 17.5 Å². The highest BCUT2D eigenvalue weighted by Gasteiger charge is 2.12. The third kappa shape index (κ3) is 4.49. The van der Waals surface area contributed by atoms with Gasteiger partial charge in [0.1, 0.15) is 11.6 Å². The van der Waals surface area contributed by atoms with E-state index >= 15 is 0 Å². The molecule has 0 aliphatic carbocycles. The van der Waals surface area contributed by atoms with Crippen molar-refractivity contribution < 1.29 is 13.6 Å². The number of nitrogens with one attached hydrogen (secondary N) is 1. The predicted molar refractivity (Wildman–Crippen MR) is 107 cm³/mol. The van der Waals surface area contributed by atoms with E-state index in [9.17, 15) is 13.6 Å². The maximum absolute atomic E-state index is 13.8. The van der Waals surface area contributed by atoms with Crippen molar-refractivity contribution in [3.05, 3.63) is 94.8 Å². The van der Waals surface area contributed by atoms with Gasteiger partial charge in [-0.15, -0.1) is 11.3 Å². The van der Waals surface area contributed by atoms with Crippen molar-refractivity contribution in [2.45, 2.75) is 6.42 Å². The largest absolute Gasteiger partial charge is 0.298 e. The van der Waals surface area contributed by atoms with Crippen molar-refractivity contribution in [1.29, 1.82) is 0 Å². The average molecular weight is 408 g/mol. The fourth-order valence-electron chi connectivity index (χ4n) is 2.65. The van der Waals surface area contributed by atoms with Gasteiger partial charge in [-0.05, 0) is 11.6 Å². The Morgan fingerprint density at radius 2 is 1.72 bits per heavy atom. The van der Waals surface area contributed by atoms with Crippen LogP contribution in [0.4, 0.5) is 13.9 Å². The number of rotatable bonds is 5. The summed E-state index contributed by atoms with van der Waals surface area (Å²) in [4.78, 5) is 25.7. The Labute approximate surface area is 169 Å². The summed E-state index contributed by atoms with van der Waals surface area (Å²) in [6.07, 6.45) is 4.72. The zero-order chi connectivity index (χ0) is 20.2. The summed E-state index contributed by atoms with van der Waals surface area (Å²) >= 11 is 1.22. The van der Waals surface area contributed by atoms with Gasteiger partial charge >= 0.3 is 0 Å².